The van der Waals surface area contributed by atoms with Gasteiger partial charge in [0.1, 0.15) is 5.82 Å². The summed E-state index contributed by atoms with van der Waals surface area (Å²) in [6.07, 6.45) is 2.87. The molecule has 0 aromatic heterocycles. The third kappa shape index (κ3) is 2.73. The van der Waals surface area contributed by atoms with Gasteiger partial charge in [0.05, 0.1) is 4.90 Å². The minimum Gasteiger partial charge on any atom is -0.316 e. The molecule has 0 atom stereocenters. The first kappa shape index (κ1) is 15.4. The van der Waals surface area contributed by atoms with E-state index in [4.69, 9.17) is 0 Å². The van der Waals surface area contributed by atoms with E-state index in [2.05, 4.69) is 5.32 Å². The molecule has 1 aromatic carbocycles. The first-order valence-corrected chi connectivity index (χ1v) is 8.23. The van der Waals surface area contributed by atoms with Crippen LogP contribution >= 0.6 is 0 Å². The summed E-state index contributed by atoms with van der Waals surface area (Å²) >= 11 is 0. The molecule has 0 radical (unpaired) electrons. The molecular formula is C14H21FN2O2S. The number of rotatable bonds is 5. The van der Waals surface area contributed by atoms with Gasteiger partial charge in [-0.15, -0.1) is 0 Å². The standard InChI is InChI=1S/C14H21FN2O2S/c1-10-7-13(8-11(9-16-2)14(10)15)20(18,19)17(3)12-5-4-6-12/h7-8,12,16H,4-6,9H2,1-3H3. The predicted molar refractivity (Wildman–Crippen MR) is 76.5 cm³/mol. The Balaban J connectivity index is 2.40. The van der Waals surface area contributed by atoms with Crippen LogP contribution in [0, 0.1) is 12.7 Å². The van der Waals surface area contributed by atoms with Gasteiger partial charge in [0.2, 0.25) is 10.0 Å². The molecule has 0 spiro atoms. The number of nitrogens with zero attached hydrogens (tertiary/aromatic N) is 1. The molecule has 1 aromatic rings. The number of hydrogen-bond donors (Lipinski definition) is 1. The van der Waals surface area contributed by atoms with E-state index in [0.717, 1.165) is 19.3 Å². The fourth-order valence-electron chi connectivity index (χ4n) is 2.39. The SMILES string of the molecule is CNCc1cc(S(=O)(=O)N(C)C2CCC2)cc(C)c1F. The van der Waals surface area contributed by atoms with Crippen molar-refractivity contribution < 1.29 is 12.8 Å². The van der Waals surface area contributed by atoms with Gasteiger partial charge in [-0.3, -0.25) is 0 Å². The van der Waals surface area contributed by atoms with Crippen LogP contribution in [0.25, 0.3) is 0 Å². The Hall–Kier alpha value is -0.980. The zero-order chi connectivity index (χ0) is 14.9. The molecule has 1 fully saturated rings. The average molecular weight is 300 g/mol. The van der Waals surface area contributed by atoms with Gasteiger partial charge < -0.3 is 5.32 Å². The van der Waals surface area contributed by atoms with Crippen molar-refractivity contribution in [2.45, 2.75) is 43.7 Å². The van der Waals surface area contributed by atoms with E-state index in [9.17, 15) is 12.8 Å². The molecule has 0 heterocycles. The Bertz CT molecular complexity index is 597. The highest BCUT2D eigenvalue weighted by atomic mass is 32.2. The molecule has 1 aliphatic rings. The second-order valence-electron chi connectivity index (χ2n) is 5.35. The molecular weight excluding hydrogens is 279 g/mol. The molecule has 6 heteroatoms. The van der Waals surface area contributed by atoms with Crippen LogP contribution in [0.1, 0.15) is 30.4 Å². The Morgan fingerprint density at radius 3 is 2.55 bits per heavy atom. The summed E-state index contributed by atoms with van der Waals surface area (Å²) in [5.41, 5.74) is 0.742. The van der Waals surface area contributed by atoms with Crippen LogP contribution in [0.2, 0.25) is 0 Å². The number of halogens is 1. The van der Waals surface area contributed by atoms with Gasteiger partial charge in [-0.05, 0) is 44.5 Å². The van der Waals surface area contributed by atoms with Crippen LogP contribution in [0.4, 0.5) is 4.39 Å². The maximum absolute atomic E-state index is 13.9. The lowest BCUT2D eigenvalue weighted by Crippen LogP contribution is -2.41. The average Bonchev–Trinajstić information content (AvgIpc) is 2.32. The van der Waals surface area contributed by atoms with E-state index in [1.807, 2.05) is 0 Å². The zero-order valence-corrected chi connectivity index (χ0v) is 12.9. The van der Waals surface area contributed by atoms with Crippen molar-refractivity contribution in [3.63, 3.8) is 0 Å². The lowest BCUT2D eigenvalue weighted by molar-refractivity contribution is 0.249. The van der Waals surface area contributed by atoms with Gasteiger partial charge in [-0.2, -0.15) is 4.31 Å². The van der Waals surface area contributed by atoms with Crippen molar-refractivity contribution in [1.29, 1.82) is 0 Å². The first-order chi connectivity index (χ1) is 9.37. The molecule has 0 bridgehead atoms. The molecule has 0 unspecified atom stereocenters. The number of hydrogen-bond acceptors (Lipinski definition) is 3. The molecule has 4 nitrogen and oxygen atoms in total. The van der Waals surface area contributed by atoms with Gasteiger partial charge in [0, 0.05) is 25.2 Å². The van der Waals surface area contributed by atoms with Crippen LogP contribution in [-0.4, -0.2) is 32.9 Å². The second kappa shape index (κ2) is 5.79. The van der Waals surface area contributed by atoms with Crippen LogP contribution in [0.15, 0.2) is 17.0 Å². The lowest BCUT2D eigenvalue weighted by atomic mass is 9.94. The lowest BCUT2D eigenvalue weighted by Gasteiger charge is -2.33. The number of aryl methyl sites for hydroxylation is 1. The van der Waals surface area contributed by atoms with Gasteiger partial charge in [-0.1, -0.05) is 6.42 Å². The Labute approximate surface area is 120 Å². The van der Waals surface area contributed by atoms with Crippen molar-refractivity contribution >= 4 is 10.0 Å². The van der Waals surface area contributed by atoms with E-state index in [1.165, 1.54) is 16.4 Å². The Morgan fingerprint density at radius 2 is 2.05 bits per heavy atom. The fraction of sp³-hybridized carbons (Fsp3) is 0.571. The monoisotopic (exact) mass is 300 g/mol. The molecule has 1 saturated carbocycles. The molecule has 0 amide bonds. The summed E-state index contributed by atoms with van der Waals surface area (Å²) in [7, 11) is -0.229. The smallest absolute Gasteiger partial charge is 0.243 e. The van der Waals surface area contributed by atoms with Crippen molar-refractivity contribution in [3.05, 3.63) is 29.1 Å². The fourth-order valence-corrected chi connectivity index (χ4v) is 3.94. The summed E-state index contributed by atoms with van der Waals surface area (Å²) in [6.45, 7) is 1.90. The van der Waals surface area contributed by atoms with E-state index in [0.29, 0.717) is 17.7 Å². The summed E-state index contributed by atoms with van der Waals surface area (Å²) < 4.78 is 40.5. The van der Waals surface area contributed by atoms with E-state index in [1.54, 1.807) is 21.0 Å². The van der Waals surface area contributed by atoms with Gasteiger partial charge >= 0.3 is 0 Å². The van der Waals surface area contributed by atoms with Crippen molar-refractivity contribution in [3.8, 4) is 0 Å². The third-order valence-electron chi connectivity index (χ3n) is 3.94. The molecule has 0 aliphatic heterocycles. The van der Waals surface area contributed by atoms with Crippen LogP contribution in [0.5, 0.6) is 0 Å². The highest BCUT2D eigenvalue weighted by molar-refractivity contribution is 7.89. The summed E-state index contributed by atoms with van der Waals surface area (Å²) in [6, 6.07) is 2.93. The maximum Gasteiger partial charge on any atom is 0.243 e. The largest absolute Gasteiger partial charge is 0.316 e. The quantitative estimate of drug-likeness (QED) is 0.905. The number of nitrogens with one attached hydrogen (secondary N) is 1. The molecule has 20 heavy (non-hydrogen) atoms. The number of sulfonamides is 1. The van der Waals surface area contributed by atoms with Crippen LogP contribution < -0.4 is 5.32 Å². The molecule has 2 rings (SSSR count). The van der Waals surface area contributed by atoms with Crippen molar-refractivity contribution in [2.75, 3.05) is 14.1 Å². The van der Waals surface area contributed by atoms with E-state index in [-0.39, 0.29) is 16.8 Å². The summed E-state index contributed by atoms with van der Waals surface area (Å²) in [4.78, 5) is 0.177. The van der Waals surface area contributed by atoms with Gasteiger partial charge in [-0.25, -0.2) is 12.8 Å². The number of benzene rings is 1. The minimum absolute atomic E-state index is 0.0816. The van der Waals surface area contributed by atoms with Gasteiger partial charge in [0.25, 0.3) is 0 Å². The van der Waals surface area contributed by atoms with E-state index >= 15 is 0 Å². The summed E-state index contributed by atoms with van der Waals surface area (Å²) in [5.74, 6) is -0.343. The maximum atomic E-state index is 13.9. The molecule has 1 aliphatic carbocycles. The minimum atomic E-state index is -3.54. The summed E-state index contributed by atoms with van der Waals surface area (Å²) in [5, 5.41) is 2.86. The molecule has 112 valence electrons. The highest BCUT2D eigenvalue weighted by Gasteiger charge is 2.32. The van der Waals surface area contributed by atoms with Crippen LogP contribution in [0.3, 0.4) is 0 Å². The third-order valence-corrected chi connectivity index (χ3v) is 5.82. The second-order valence-corrected chi connectivity index (χ2v) is 7.35. The predicted octanol–water partition coefficient (Wildman–Crippen LogP) is 2.03. The Kier molecular flexibility index (Phi) is 4.46. The van der Waals surface area contributed by atoms with E-state index < -0.39 is 10.0 Å². The molecule has 1 N–H and O–H groups in total. The van der Waals surface area contributed by atoms with Gasteiger partial charge in [0.15, 0.2) is 0 Å². The zero-order valence-electron chi connectivity index (χ0n) is 12.1. The van der Waals surface area contributed by atoms with Crippen molar-refractivity contribution in [1.82, 2.24) is 9.62 Å². The molecule has 0 saturated heterocycles. The van der Waals surface area contributed by atoms with Crippen LogP contribution in [-0.2, 0) is 16.6 Å². The highest BCUT2D eigenvalue weighted by Crippen LogP contribution is 2.29. The topological polar surface area (TPSA) is 49.4 Å². The first-order valence-electron chi connectivity index (χ1n) is 6.79. The normalized spacial score (nSPS) is 16.4. The Morgan fingerprint density at radius 1 is 1.40 bits per heavy atom. The van der Waals surface area contributed by atoms with Crippen molar-refractivity contribution in [2.24, 2.45) is 0 Å².